The molecular formula is C15H18N4O2. The number of rotatable bonds is 5. The molecule has 1 aromatic carbocycles. The van der Waals surface area contributed by atoms with E-state index in [-0.39, 0.29) is 23.9 Å². The van der Waals surface area contributed by atoms with E-state index in [0.717, 1.165) is 12.8 Å². The maximum atomic E-state index is 12.0. The highest BCUT2D eigenvalue weighted by atomic mass is 16.2. The third-order valence-corrected chi connectivity index (χ3v) is 3.82. The van der Waals surface area contributed by atoms with Crippen molar-refractivity contribution < 1.29 is 4.79 Å². The zero-order valence-corrected chi connectivity index (χ0v) is 11.7. The van der Waals surface area contributed by atoms with Gasteiger partial charge in [-0.2, -0.15) is 5.10 Å². The summed E-state index contributed by atoms with van der Waals surface area (Å²) in [6, 6.07) is 7.17. The van der Waals surface area contributed by atoms with E-state index in [1.807, 2.05) is 6.07 Å². The molecule has 1 aliphatic carbocycles. The Morgan fingerprint density at radius 1 is 1.43 bits per heavy atom. The van der Waals surface area contributed by atoms with Crippen LogP contribution < -0.4 is 16.5 Å². The summed E-state index contributed by atoms with van der Waals surface area (Å²) in [7, 11) is 0. The van der Waals surface area contributed by atoms with Crippen LogP contribution in [0.4, 0.5) is 0 Å². The van der Waals surface area contributed by atoms with Gasteiger partial charge in [0.25, 0.3) is 0 Å². The number of carbonyl (C=O) groups is 1. The van der Waals surface area contributed by atoms with E-state index in [9.17, 15) is 9.59 Å². The predicted molar refractivity (Wildman–Crippen MR) is 79.7 cm³/mol. The Hall–Kier alpha value is -2.21. The number of nitrogens with two attached hydrogens (primary N) is 1. The average Bonchev–Trinajstić information content (AvgIpc) is 3.33. The molecule has 0 bridgehead atoms. The minimum atomic E-state index is -0.146. The molecule has 2 aromatic rings. The lowest BCUT2D eigenvalue weighted by molar-refractivity contribution is -0.121. The van der Waals surface area contributed by atoms with Gasteiger partial charge in [0.1, 0.15) is 6.54 Å². The summed E-state index contributed by atoms with van der Waals surface area (Å²) in [6.45, 7) is 0.569. The summed E-state index contributed by atoms with van der Waals surface area (Å²) in [5.41, 5.74) is 6.47. The largest absolute Gasteiger partial charge is 0.353 e. The van der Waals surface area contributed by atoms with Gasteiger partial charge in [0.05, 0.1) is 11.7 Å². The van der Waals surface area contributed by atoms with Crippen LogP contribution in [0.25, 0.3) is 10.9 Å². The fourth-order valence-corrected chi connectivity index (χ4v) is 2.40. The van der Waals surface area contributed by atoms with Crippen LogP contribution in [0.3, 0.4) is 0 Å². The van der Waals surface area contributed by atoms with Crippen LogP contribution >= 0.6 is 0 Å². The van der Waals surface area contributed by atoms with Gasteiger partial charge in [-0.3, -0.25) is 14.3 Å². The minimum absolute atomic E-state index is 0.0349. The lowest BCUT2D eigenvalue weighted by Gasteiger charge is -2.13. The van der Waals surface area contributed by atoms with Crippen LogP contribution in [0, 0.1) is 5.92 Å². The van der Waals surface area contributed by atoms with Crippen molar-refractivity contribution in [2.24, 2.45) is 11.7 Å². The first-order valence-corrected chi connectivity index (χ1v) is 7.12. The molecule has 110 valence electrons. The van der Waals surface area contributed by atoms with E-state index >= 15 is 0 Å². The van der Waals surface area contributed by atoms with Crippen molar-refractivity contribution in [2.75, 3.05) is 6.54 Å². The van der Waals surface area contributed by atoms with E-state index < -0.39 is 0 Å². The molecule has 6 nitrogen and oxygen atoms in total. The Morgan fingerprint density at radius 2 is 2.19 bits per heavy atom. The molecule has 0 aliphatic heterocycles. The first kappa shape index (κ1) is 13.8. The van der Waals surface area contributed by atoms with Crippen molar-refractivity contribution in [1.29, 1.82) is 0 Å². The monoisotopic (exact) mass is 286 g/mol. The topological polar surface area (TPSA) is 90.0 Å². The smallest absolute Gasteiger partial charge is 0.241 e. The van der Waals surface area contributed by atoms with E-state index in [0.29, 0.717) is 23.4 Å². The predicted octanol–water partition coefficient (Wildman–Crippen LogP) is 0.250. The van der Waals surface area contributed by atoms with Crippen molar-refractivity contribution in [3.63, 3.8) is 0 Å². The Morgan fingerprint density at radius 3 is 2.95 bits per heavy atom. The molecule has 1 atom stereocenters. The Bertz CT molecular complexity index is 721. The molecule has 3 N–H and O–H groups in total. The number of nitrogens with one attached hydrogen (secondary N) is 1. The maximum Gasteiger partial charge on any atom is 0.241 e. The molecular weight excluding hydrogens is 268 g/mol. The fourth-order valence-electron chi connectivity index (χ4n) is 2.40. The van der Waals surface area contributed by atoms with Gasteiger partial charge < -0.3 is 11.1 Å². The lowest BCUT2D eigenvalue weighted by atomic mass is 10.2. The van der Waals surface area contributed by atoms with Gasteiger partial charge in [0.15, 0.2) is 0 Å². The molecule has 1 aliphatic rings. The molecule has 0 radical (unpaired) electrons. The lowest BCUT2D eigenvalue weighted by Crippen LogP contribution is -2.40. The number of carbonyl (C=O) groups excluding carboxylic acids is 1. The number of para-hydroxylation sites is 1. The number of hydrogen-bond acceptors (Lipinski definition) is 4. The second-order valence-corrected chi connectivity index (χ2v) is 5.49. The number of hydrogen-bond donors (Lipinski definition) is 2. The van der Waals surface area contributed by atoms with Crippen molar-refractivity contribution in [3.05, 3.63) is 40.7 Å². The normalized spacial score (nSPS) is 15.9. The van der Waals surface area contributed by atoms with Crippen molar-refractivity contribution in [2.45, 2.75) is 25.4 Å². The molecule has 0 spiro atoms. The summed E-state index contributed by atoms with van der Waals surface area (Å²) in [5, 5.41) is 7.43. The SMILES string of the molecule is NC(CNC(=O)Cn1ncc(=O)c2ccccc21)C1CC1. The number of amides is 1. The van der Waals surface area contributed by atoms with Crippen molar-refractivity contribution in [3.8, 4) is 0 Å². The quantitative estimate of drug-likeness (QED) is 0.824. The van der Waals surface area contributed by atoms with Crippen LogP contribution in [0.15, 0.2) is 35.3 Å². The second-order valence-electron chi connectivity index (χ2n) is 5.49. The molecule has 1 aromatic heterocycles. The van der Waals surface area contributed by atoms with Gasteiger partial charge in [0, 0.05) is 18.0 Å². The van der Waals surface area contributed by atoms with Crippen LogP contribution in [0.1, 0.15) is 12.8 Å². The molecule has 1 saturated carbocycles. The summed E-state index contributed by atoms with van der Waals surface area (Å²) >= 11 is 0. The van der Waals surface area contributed by atoms with Gasteiger partial charge in [0.2, 0.25) is 11.3 Å². The van der Waals surface area contributed by atoms with Gasteiger partial charge in [-0.05, 0) is 30.9 Å². The fraction of sp³-hybridized carbons (Fsp3) is 0.400. The van der Waals surface area contributed by atoms with Crippen LogP contribution in [-0.2, 0) is 11.3 Å². The number of aromatic nitrogens is 2. The van der Waals surface area contributed by atoms with Crippen molar-refractivity contribution >= 4 is 16.8 Å². The average molecular weight is 286 g/mol. The summed E-state index contributed by atoms with van der Waals surface area (Å²) < 4.78 is 1.54. The summed E-state index contributed by atoms with van der Waals surface area (Å²) in [5.74, 6) is 0.407. The third kappa shape index (κ3) is 3.11. The van der Waals surface area contributed by atoms with E-state index in [1.54, 1.807) is 18.2 Å². The molecule has 1 unspecified atom stereocenters. The van der Waals surface area contributed by atoms with Crippen molar-refractivity contribution in [1.82, 2.24) is 15.1 Å². The second kappa shape index (κ2) is 5.65. The van der Waals surface area contributed by atoms with Crippen LogP contribution in [0.5, 0.6) is 0 Å². The highest BCUT2D eigenvalue weighted by molar-refractivity contribution is 5.81. The van der Waals surface area contributed by atoms with E-state index in [2.05, 4.69) is 10.4 Å². The third-order valence-electron chi connectivity index (χ3n) is 3.82. The molecule has 21 heavy (non-hydrogen) atoms. The van der Waals surface area contributed by atoms with Gasteiger partial charge in [-0.25, -0.2) is 0 Å². The van der Waals surface area contributed by atoms with Gasteiger partial charge >= 0.3 is 0 Å². The summed E-state index contributed by atoms with van der Waals surface area (Å²) in [4.78, 5) is 23.7. The van der Waals surface area contributed by atoms with Crippen LogP contribution in [-0.4, -0.2) is 28.3 Å². The molecule has 6 heteroatoms. The van der Waals surface area contributed by atoms with E-state index in [1.165, 1.54) is 10.9 Å². The highest BCUT2D eigenvalue weighted by Gasteiger charge is 2.28. The van der Waals surface area contributed by atoms with Crippen LogP contribution in [0.2, 0.25) is 0 Å². The molecule has 1 heterocycles. The number of benzene rings is 1. The highest BCUT2D eigenvalue weighted by Crippen LogP contribution is 2.31. The first-order chi connectivity index (χ1) is 10.1. The standard InChI is InChI=1S/C15H18N4O2/c16-12(10-5-6-10)7-17-15(21)9-19-13-4-2-1-3-11(13)14(20)8-18-19/h1-4,8,10,12H,5-7,9,16H2,(H,17,21). The Balaban J connectivity index is 1.71. The Labute approximate surface area is 121 Å². The molecule has 0 saturated heterocycles. The minimum Gasteiger partial charge on any atom is -0.353 e. The molecule has 3 rings (SSSR count). The number of nitrogens with zero attached hydrogens (tertiary/aromatic N) is 2. The zero-order valence-electron chi connectivity index (χ0n) is 11.7. The summed E-state index contributed by atoms with van der Waals surface area (Å²) in [6.07, 6.45) is 3.55. The zero-order chi connectivity index (χ0) is 14.8. The van der Waals surface area contributed by atoms with Gasteiger partial charge in [-0.15, -0.1) is 0 Å². The molecule has 1 amide bonds. The molecule has 1 fully saturated rings. The van der Waals surface area contributed by atoms with E-state index in [4.69, 9.17) is 5.73 Å². The maximum absolute atomic E-state index is 12.0. The first-order valence-electron chi connectivity index (χ1n) is 7.12. The van der Waals surface area contributed by atoms with Gasteiger partial charge in [-0.1, -0.05) is 12.1 Å². The number of fused-ring (bicyclic) bond motifs is 1. The Kier molecular flexibility index (Phi) is 3.70.